The smallest absolute Gasteiger partial charge is 0.225 e. The number of nitrogens with zero attached hydrogens (tertiary/aromatic N) is 5. The molecule has 0 spiro atoms. The monoisotopic (exact) mass is 413 g/mol. The third-order valence-corrected chi connectivity index (χ3v) is 5.66. The normalized spacial score (nSPS) is 16.9. The van der Waals surface area contributed by atoms with Crippen molar-refractivity contribution in [3.63, 3.8) is 0 Å². The molecule has 3 aromatic rings. The van der Waals surface area contributed by atoms with E-state index in [1.165, 1.54) is 12.1 Å². The molecule has 0 N–H and O–H groups in total. The molecule has 0 saturated carbocycles. The van der Waals surface area contributed by atoms with E-state index < -0.39 is 11.6 Å². The third kappa shape index (κ3) is 3.79. The van der Waals surface area contributed by atoms with Crippen molar-refractivity contribution in [1.29, 1.82) is 0 Å². The summed E-state index contributed by atoms with van der Waals surface area (Å²) < 4.78 is 32.6. The van der Waals surface area contributed by atoms with Crippen molar-refractivity contribution in [2.75, 3.05) is 25.5 Å². The van der Waals surface area contributed by atoms with Crippen molar-refractivity contribution < 1.29 is 13.3 Å². The first-order valence-corrected chi connectivity index (χ1v) is 10.0. The summed E-state index contributed by atoms with van der Waals surface area (Å²) in [4.78, 5) is 13.4. The Balaban J connectivity index is 1.74. The number of aromatic nitrogens is 3. The summed E-state index contributed by atoms with van der Waals surface area (Å²) >= 11 is 0. The first kappa shape index (κ1) is 20.4. The second kappa shape index (κ2) is 8.10. The second-order valence-corrected chi connectivity index (χ2v) is 7.96. The van der Waals surface area contributed by atoms with Crippen LogP contribution in [0.25, 0.3) is 11.3 Å². The maximum Gasteiger partial charge on any atom is 0.225 e. The average molecular weight is 413 g/mol. The fourth-order valence-electron chi connectivity index (χ4n) is 3.89. The SMILES string of the molecule is Cc1noc(-c2cnc(N(C)C)nc2[C@@H]2CCCN2Cc2ccc(F)c(F)c2)c1C. The quantitative estimate of drug-likeness (QED) is 0.617. The van der Waals surface area contributed by atoms with Crippen LogP contribution in [0.2, 0.25) is 0 Å². The van der Waals surface area contributed by atoms with E-state index in [0.717, 1.165) is 47.5 Å². The number of likely N-dealkylation sites (tertiary alicyclic amines) is 1. The van der Waals surface area contributed by atoms with Gasteiger partial charge in [0.2, 0.25) is 5.95 Å². The predicted molar refractivity (Wildman–Crippen MR) is 110 cm³/mol. The van der Waals surface area contributed by atoms with Crippen LogP contribution in [0.1, 0.15) is 41.4 Å². The van der Waals surface area contributed by atoms with Gasteiger partial charge in [0.05, 0.1) is 23.0 Å². The van der Waals surface area contributed by atoms with Crippen molar-refractivity contribution in [3.8, 4) is 11.3 Å². The highest BCUT2D eigenvalue weighted by atomic mass is 19.2. The highest BCUT2D eigenvalue weighted by molar-refractivity contribution is 5.65. The summed E-state index contributed by atoms with van der Waals surface area (Å²) in [5, 5.41) is 4.09. The van der Waals surface area contributed by atoms with Gasteiger partial charge in [-0.1, -0.05) is 11.2 Å². The minimum Gasteiger partial charge on any atom is -0.356 e. The molecule has 1 fully saturated rings. The number of benzene rings is 1. The van der Waals surface area contributed by atoms with Gasteiger partial charge >= 0.3 is 0 Å². The molecule has 1 aliphatic heterocycles. The molecule has 1 atom stereocenters. The van der Waals surface area contributed by atoms with Crippen molar-refractivity contribution in [2.45, 2.75) is 39.3 Å². The van der Waals surface area contributed by atoms with Crippen LogP contribution in [0.5, 0.6) is 0 Å². The van der Waals surface area contributed by atoms with E-state index in [0.29, 0.717) is 18.3 Å². The molecule has 0 amide bonds. The first-order chi connectivity index (χ1) is 14.3. The maximum absolute atomic E-state index is 13.7. The van der Waals surface area contributed by atoms with E-state index >= 15 is 0 Å². The molecule has 1 aromatic carbocycles. The largest absolute Gasteiger partial charge is 0.356 e. The Morgan fingerprint density at radius 1 is 1.20 bits per heavy atom. The average Bonchev–Trinajstić information content (AvgIpc) is 3.31. The van der Waals surface area contributed by atoms with Gasteiger partial charge < -0.3 is 9.42 Å². The fourth-order valence-corrected chi connectivity index (χ4v) is 3.89. The lowest BCUT2D eigenvalue weighted by molar-refractivity contribution is 0.244. The standard InChI is InChI=1S/C22H25F2N5O/c1-13-14(2)27-30-21(13)16-11-25-22(28(3)4)26-20(16)19-6-5-9-29(19)12-15-7-8-17(23)18(24)10-15/h7-8,10-11,19H,5-6,9,12H2,1-4H3/t19-/m0/s1. The molecule has 8 heteroatoms. The Bertz CT molecular complexity index is 1070. The zero-order valence-corrected chi connectivity index (χ0v) is 17.6. The molecular weight excluding hydrogens is 388 g/mol. The van der Waals surface area contributed by atoms with E-state index in [2.05, 4.69) is 15.0 Å². The van der Waals surface area contributed by atoms with Gasteiger partial charge in [-0.2, -0.15) is 0 Å². The van der Waals surface area contributed by atoms with Crippen LogP contribution in [0.4, 0.5) is 14.7 Å². The summed E-state index contributed by atoms with van der Waals surface area (Å²) in [7, 11) is 3.80. The zero-order valence-electron chi connectivity index (χ0n) is 17.6. The summed E-state index contributed by atoms with van der Waals surface area (Å²) in [5.41, 5.74) is 4.21. The second-order valence-electron chi connectivity index (χ2n) is 7.96. The lowest BCUT2D eigenvalue weighted by Gasteiger charge is -2.26. The number of rotatable bonds is 5. The van der Waals surface area contributed by atoms with E-state index in [1.54, 1.807) is 12.3 Å². The van der Waals surface area contributed by atoms with E-state index in [4.69, 9.17) is 9.51 Å². The fraction of sp³-hybridized carbons (Fsp3) is 0.409. The Labute approximate surface area is 174 Å². The summed E-state index contributed by atoms with van der Waals surface area (Å²) in [6, 6.07) is 4.08. The summed E-state index contributed by atoms with van der Waals surface area (Å²) in [5.74, 6) is -0.370. The van der Waals surface area contributed by atoms with Crippen LogP contribution >= 0.6 is 0 Å². The molecule has 6 nitrogen and oxygen atoms in total. The number of hydrogen-bond acceptors (Lipinski definition) is 6. The van der Waals surface area contributed by atoms with Crippen LogP contribution in [-0.4, -0.2) is 40.7 Å². The summed E-state index contributed by atoms with van der Waals surface area (Å²) in [6.45, 7) is 5.23. The molecule has 0 radical (unpaired) electrons. The summed E-state index contributed by atoms with van der Waals surface area (Å²) in [6.07, 6.45) is 3.69. The Morgan fingerprint density at radius 3 is 2.67 bits per heavy atom. The van der Waals surface area contributed by atoms with Crippen LogP contribution < -0.4 is 4.90 Å². The lowest BCUT2D eigenvalue weighted by atomic mass is 10.0. The highest BCUT2D eigenvalue weighted by Crippen LogP contribution is 2.39. The molecule has 3 heterocycles. The van der Waals surface area contributed by atoms with Gasteiger partial charge in [-0.25, -0.2) is 18.7 Å². The number of halogens is 2. The molecule has 2 aromatic heterocycles. The third-order valence-electron chi connectivity index (χ3n) is 5.66. The topological polar surface area (TPSA) is 58.3 Å². The van der Waals surface area contributed by atoms with Gasteiger partial charge in [0.1, 0.15) is 0 Å². The molecule has 4 rings (SSSR count). The Morgan fingerprint density at radius 2 is 2.00 bits per heavy atom. The number of anilines is 1. The lowest BCUT2D eigenvalue weighted by Crippen LogP contribution is -2.25. The van der Waals surface area contributed by atoms with Crippen molar-refractivity contribution in [1.82, 2.24) is 20.0 Å². The molecule has 158 valence electrons. The molecule has 1 saturated heterocycles. The maximum atomic E-state index is 13.7. The van der Waals surface area contributed by atoms with E-state index in [-0.39, 0.29) is 6.04 Å². The van der Waals surface area contributed by atoms with Crippen molar-refractivity contribution >= 4 is 5.95 Å². The van der Waals surface area contributed by atoms with Gasteiger partial charge in [0, 0.05) is 32.4 Å². The van der Waals surface area contributed by atoms with Crippen LogP contribution in [0.3, 0.4) is 0 Å². The molecule has 0 bridgehead atoms. The van der Waals surface area contributed by atoms with Crippen LogP contribution in [-0.2, 0) is 6.54 Å². The van der Waals surface area contributed by atoms with Gasteiger partial charge in [0.25, 0.3) is 0 Å². The minimum absolute atomic E-state index is 0.0135. The van der Waals surface area contributed by atoms with Crippen LogP contribution in [0.15, 0.2) is 28.9 Å². The van der Waals surface area contributed by atoms with Gasteiger partial charge in [0.15, 0.2) is 17.4 Å². The van der Waals surface area contributed by atoms with Crippen molar-refractivity contribution in [3.05, 3.63) is 58.5 Å². The molecule has 0 aliphatic carbocycles. The first-order valence-electron chi connectivity index (χ1n) is 10.0. The zero-order chi connectivity index (χ0) is 21.4. The number of hydrogen-bond donors (Lipinski definition) is 0. The van der Waals surface area contributed by atoms with Gasteiger partial charge in [-0.3, -0.25) is 4.90 Å². The predicted octanol–water partition coefficient (Wildman–Crippen LogP) is 4.43. The minimum atomic E-state index is -0.832. The van der Waals surface area contributed by atoms with Gasteiger partial charge in [-0.15, -0.1) is 0 Å². The molecule has 30 heavy (non-hydrogen) atoms. The Kier molecular flexibility index (Phi) is 5.51. The van der Waals surface area contributed by atoms with E-state index in [9.17, 15) is 8.78 Å². The van der Waals surface area contributed by atoms with Gasteiger partial charge in [-0.05, 0) is 50.9 Å². The highest BCUT2D eigenvalue weighted by Gasteiger charge is 2.32. The van der Waals surface area contributed by atoms with Crippen LogP contribution in [0, 0.1) is 25.5 Å². The molecular formula is C22H25F2N5O. The number of aryl methyl sites for hydroxylation is 1. The molecule has 1 aliphatic rings. The molecule has 0 unspecified atom stereocenters. The van der Waals surface area contributed by atoms with E-state index in [1.807, 2.05) is 32.8 Å². The Hall–Kier alpha value is -2.87. The van der Waals surface area contributed by atoms with Crippen molar-refractivity contribution in [2.24, 2.45) is 0 Å².